The highest BCUT2D eigenvalue weighted by molar-refractivity contribution is 5.15. The molecule has 2 saturated heterocycles. The molecule has 24 heavy (non-hydrogen) atoms. The van der Waals surface area contributed by atoms with Gasteiger partial charge in [-0.1, -0.05) is 19.0 Å². The molecule has 0 amide bonds. The Labute approximate surface area is 144 Å². The van der Waals surface area contributed by atoms with Crippen molar-refractivity contribution in [3.63, 3.8) is 0 Å². The predicted molar refractivity (Wildman–Crippen MR) is 89.5 cm³/mol. The summed E-state index contributed by atoms with van der Waals surface area (Å²) in [6.07, 6.45) is 3.49. The normalized spacial score (nSPS) is 22.0. The Morgan fingerprint density at radius 3 is 2.75 bits per heavy atom. The van der Waals surface area contributed by atoms with Crippen LogP contribution in [0.4, 0.5) is 0 Å². The molecule has 1 aromatic rings. The van der Waals surface area contributed by atoms with Crippen LogP contribution in [-0.4, -0.2) is 54.7 Å². The SMILES string of the molecule is CC(C)CCOCC1CCN(Cc2cc(C3(O)COC3)on2)CC1. The third kappa shape index (κ3) is 4.57. The van der Waals surface area contributed by atoms with Crippen molar-refractivity contribution in [1.29, 1.82) is 0 Å². The number of aromatic nitrogens is 1. The van der Waals surface area contributed by atoms with E-state index in [0.29, 0.717) is 30.8 Å². The van der Waals surface area contributed by atoms with Crippen molar-refractivity contribution in [2.24, 2.45) is 11.8 Å². The van der Waals surface area contributed by atoms with Crippen molar-refractivity contribution in [2.45, 2.75) is 45.3 Å². The van der Waals surface area contributed by atoms with Crippen LogP contribution in [0.15, 0.2) is 10.6 Å². The zero-order valence-electron chi connectivity index (χ0n) is 14.9. The Morgan fingerprint density at radius 2 is 2.12 bits per heavy atom. The van der Waals surface area contributed by atoms with Crippen LogP contribution in [0.1, 0.15) is 44.6 Å². The lowest BCUT2D eigenvalue weighted by Crippen LogP contribution is -2.46. The van der Waals surface area contributed by atoms with E-state index in [1.807, 2.05) is 6.07 Å². The van der Waals surface area contributed by atoms with Gasteiger partial charge in [0.1, 0.15) is 0 Å². The number of rotatable bonds is 8. The average Bonchev–Trinajstić information content (AvgIpc) is 2.99. The van der Waals surface area contributed by atoms with Gasteiger partial charge in [-0.25, -0.2) is 0 Å². The Hall–Kier alpha value is -0.950. The maximum atomic E-state index is 10.2. The Kier molecular flexibility index (Phi) is 5.92. The topological polar surface area (TPSA) is 68.0 Å². The van der Waals surface area contributed by atoms with Crippen molar-refractivity contribution in [2.75, 3.05) is 39.5 Å². The zero-order chi connectivity index (χ0) is 17.0. The molecule has 0 atom stereocenters. The van der Waals surface area contributed by atoms with Gasteiger partial charge in [0.15, 0.2) is 11.4 Å². The van der Waals surface area contributed by atoms with Crippen molar-refractivity contribution in [3.05, 3.63) is 17.5 Å². The Morgan fingerprint density at radius 1 is 1.38 bits per heavy atom. The van der Waals surface area contributed by atoms with Crippen LogP contribution >= 0.6 is 0 Å². The molecular weight excluding hydrogens is 308 g/mol. The van der Waals surface area contributed by atoms with Gasteiger partial charge in [-0.05, 0) is 44.2 Å². The second kappa shape index (κ2) is 7.95. The standard InChI is InChI=1S/C18H30N2O4/c1-14(2)5-8-22-11-15-3-6-20(7-4-15)10-16-9-17(24-19-16)18(21)12-23-13-18/h9,14-15,21H,3-8,10-13H2,1-2H3. The number of aliphatic hydroxyl groups is 1. The summed E-state index contributed by atoms with van der Waals surface area (Å²) in [5.74, 6) is 1.91. The summed E-state index contributed by atoms with van der Waals surface area (Å²) in [5.41, 5.74) is -0.0806. The maximum absolute atomic E-state index is 10.2. The van der Waals surface area contributed by atoms with E-state index in [-0.39, 0.29) is 0 Å². The first kappa shape index (κ1) is 17.9. The van der Waals surface area contributed by atoms with Crippen molar-refractivity contribution >= 4 is 0 Å². The highest BCUT2D eigenvalue weighted by atomic mass is 16.6. The molecule has 0 bridgehead atoms. The molecule has 136 valence electrons. The van der Waals surface area contributed by atoms with Crippen LogP contribution < -0.4 is 0 Å². The van der Waals surface area contributed by atoms with Crippen LogP contribution in [0.3, 0.4) is 0 Å². The van der Waals surface area contributed by atoms with Crippen LogP contribution in [0, 0.1) is 11.8 Å². The van der Waals surface area contributed by atoms with Crippen LogP contribution in [0.25, 0.3) is 0 Å². The van der Waals surface area contributed by atoms with E-state index in [1.54, 1.807) is 0 Å². The number of likely N-dealkylation sites (tertiary alicyclic amines) is 1. The lowest BCUT2D eigenvalue weighted by Gasteiger charge is -2.33. The highest BCUT2D eigenvalue weighted by Gasteiger charge is 2.42. The quantitative estimate of drug-likeness (QED) is 0.733. The predicted octanol–water partition coefficient (Wildman–Crippen LogP) is 2.17. The molecule has 0 aliphatic carbocycles. The number of piperidine rings is 1. The second-order valence-electron chi connectivity index (χ2n) is 7.68. The summed E-state index contributed by atoms with van der Waals surface area (Å²) in [6.45, 7) is 9.73. The molecule has 0 spiro atoms. The summed E-state index contributed by atoms with van der Waals surface area (Å²) < 4.78 is 16.2. The lowest BCUT2D eigenvalue weighted by atomic mass is 9.97. The number of hydrogen-bond donors (Lipinski definition) is 1. The van der Waals surface area contributed by atoms with Crippen LogP contribution in [-0.2, 0) is 21.6 Å². The molecule has 3 rings (SSSR count). The third-order valence-corrected chi connectivity index (χ3v) is 4.99. The van der Waals surface area contributed by atoms with E-state index in [0.717, 1.165) is 45.0 Å². The molecule has 0 radical (unpaired) electrons. The maximum Gasteiger partial charge on any atom is 0.173 e. The molecule has 2 fully saturated rings. The van der Waals surface area contributed by atoms with Gasteiger partial charge >= 0.3 is 0 Å². The van der Waals surface area contributed by atoms with Crippen molar-refractivity contribution in [1.82, 2.24) is 10.1 Å². The van der Waals surface area contributed by atoms with E-state index in [4.69, 9.17) is 14.0 Å². The van der Waals surface area contributed by atoms with Gasteiger partial charge in [-0.3, -0.25) is 4.90 Å². The van der Waals surface area contributed by atoms with E-state index in [9.17, 15) is 5.11 Å². The molecule has 0 saturated carbocycles. The van der Waals surface area contributed by atoms with Crippen molar-refractivity contribution < 1.29 is 19.1 Å². The summed E-state index contributed by atoms with van der Waals surface area (Å²) in [6, 6.07) is 1.86. The van der Waals surface area contributed by atoms with Gasteiger partial charge in [0, 0.05) is 25.8 Å². The average molecular weight is 338 g/mol. The smallest absolute Gasteiger partial charge is 0.173 e. The molecule has 0 aromatic carbocycles. The van der Waals surface area contributed by atoms with Gasteiger partial charge in [-0.2, -0.15) is 0 Å². The molecule has 2 aliphatic heterocycles. The van der Waals surface area contributed by atoms with Crippen LogP contribution in [0.5, 0.6) is 0 Å². The lowest BCUT2D eigenvalue weighted by molar-refractivity contribution is -0.195. The summed E-state index contributed by atoms with van der Waals surface area (Å²) in [5, 5.41) is 14.3. The second-order valence-corrected chi connectivity index (χ2v) is 7.68. The van der Waals surface area contributed by atoms with E-state index in [1.165, 1.54) is 12.8 Å². The minimum Gasteiger partial charge on any atom is -0.381 e. The largest absolute Gasteiger partial charge is 0.381 e. The van der Waals surface area contributed by atoms with Gasteiger partial charge < -0.3 is 19.1 Å². The van der Waals surface area contributed by atoms with Gasteiger partial charge in [-0.15, -0.1) is 0 Å². The first-order valence-corrected chi connectivity index (χ1v) is 9.11. The fourth-order valence-corrected chi connectivity index (χ4v) is 3.15. The summed E-state index contributed by atoms with van der Waals surface area (Å²) in [7, 11) is 0. The fraction of sp³-hybridized carbons (Fsp3) is 0.833. The van der Waals surface area contributed by atoms with Crippen LogP contribution in [0.2, 0.25) is 0 Å². The third-order valence-electron chi connectivity index (χ3n) is 4.99. The molecule has 6 nitrogen and oxygen atoms in total. The van der Waals surface area contributed by atoms with E-state index in [2.05, 4.69) is 23.9 Å². The first-order valence-electron chi connectivity index (χ1n) is 9.11. The first-order chi connectivity index (χ1) is 11.5. The van der Waals surface area contributed by atoms with Gasteiger partial charge in [0.05, 0.1) is 18.9 Å². The minimum absolute atomic E-state index is 0.295. The van der Waals surface area contributed by atoms with Crippen molar-refractivity contribution in [3.8, 4) is 0 Å². The Balaban J connectivity index is 1.36. The fourth-order valence-electron chi connectivity index (χ4n) is 3.15. The zero-order valence-corrected chi connectivity index (χ0v) is 14.9. The summed E-state index contributed by atoms with van der Waals surface area (Å²) >= 11 is 0. The molecule has 1 N–H and O–H groups in total. The molecule has 0 unspecified atom stereocenters. The van der Waals surface area contributed by atoms with E-state index < -0.39 is 5.60 Å². The highest BCUT2D eigenvalue weighted by Crippen LogP contribution is 2.30. The Bertz CT molecular complexity index is 505. The number of ether oxygens (including phenoxy) is 2. The van der Waals surface area contributed by atoms with E-state index >= 15 is 0 Å². The molecular formula is C18H30N2O4. The summed E-state index contributed by atoms with van der Waals surface area (Å²) in [4.78, 5) is 2.40. The molecule has 6 heteroatoms. The van der Waals surface area contributed by atoms with Gasteiger partial charge in [0.25, 0.3) is 0 Å². The minimum atomic E-state index is -0.967. The number of hydrogen-bond acceptors (Lipinski definition) is 6. The van der Waals surface area contributed by atoms with Gasteiger partial charge in [0.2, 0.25) is 0 Å². The number of nitrogens with zero attached hydrogens (tertiary/aromatic N) is 2. The monoisotopic (exact) mass is 338 g/mol. The molecule has 3 heterocycles. The molecule has 2 aliphatic rings. The molecule has 1 aromatic heterocycles.